The minimum atomic E-state index is 0.0565. The summed E-state index contributed by atoms with van der Waals surface area (Å²) in [6.07, 6.45) is 0.425. The Bertz CT molecular complexity index is 639. The number of hydrogen-bond donors (Lipinski definition) is 1. The molecule has 0 bridgehead atoms. The number of fused-ring (bicyclic) bond motifs is 1. The van der Waals surface area contributed by atoms with Crippen molar-refractivity contribution in [3.05, 3.63) is 28.5 Å². The monoisotopic (exact) mass is 371 g/mol. The van der Waals surface area contributed by atoms with E-state index < -0.39 is 0 Å². The standard InChI is InChI=1S/C15H19BrClN3O/c1-10(2)9-18-15(21)5-6-20-13-7-11(16)3-4-12(13)19-14(20)8-17/h3-4,7,10H,5-6,8-9H2,1-2H3,(H,18,21). The van der Waals surface area contributed by atoms with E-state index in [2.05, 4.69) is 40.1 Å². The van der Waals surface area contributed by atoms with E-state index in [0.29, 0.717) is 31.3 Å². The average Bonchev–Trinajstić information content (AvgIpc) is 2.79. The second-order valence-electron chi connectivity index (χ2n) is 5.39. The third-order valence-corrected chi connectivity index (χ3v) is 3.91. The SMILES string of the molecule is CC(C)CNC(=O)CCn1c(CCl)nc2ccc(Br)cc21. The van der Waals surface area contributed by atoms with Crippen LogP contribution in [0.25, 0.3) is 11.0 Å². The first-order valence-corrected chi connectivity index (χ1v) is 8.31. The highest BCUT2D eigenvalue weighted by atomic mass is 79.9. The predicted molar refractivity (Wildman–Crippen MR) is 89.5 cm³/mol. The van der Waals surface area contributed by atoms with Crippen molar-refractivity contribution in [2.45, 2.75) is 32.7 Å². The molecule has 0 aliphatic heterocycles. The predicted octanol–water partition coefficient (Wildman–Crippen LogP) is 3.70. The Hall–Kier alpha value is -1.07. The normalized spacial score (nSPS) is 11.3. The van der Waals surface area contributed by atoms with E-state index in [1.807, 2.05) is 22.8 Å². The van der Waals surface area contributed by atoms with Crippen LogP contribution in [-0.2, 0) is 17.2 Å². The molecular formula is C15H19BrClN3O. The van der Waals surface area contributed by atoms with Gasteiger partial charge in [-0.1, -0.05) is 29.8 Å². The first kappa shape index (κ1) is 16.3. The molecule has 1 amide bonds. The van der Waals surface area contributed by atoms with E-state index in [0.717, 1.165) is 21.3 Å². The number of alkyl halides is 1. The maximum Gasteiger partial charge on any atom is 0.221 e. The van der Waals surface area contributed by atoms with E-state index >= 15 is 0 Å². The summed E-state index contributed by atoms with van der Waals surface area (Å²) in [7, 11) is 0. The summed E-state index contributed by atoms with van der Waals surface area (Å²) >= 11 is 9.43. The zero-order valence-corrected chi connectivity index (χ0v) is 14.5. The summed E-state index contributed by atoms with van der Waals surface area (Å²) < 4.78 is 3.00. The second-order valence-corrected chi connectivity index (χ2v) is 6.58. The van der Waals surface area contributed by atoms with Crippen LogP contribution in [0.2, 0.25) is 0 Å². The smallest absolute Gasteiger partial charge is 0.221 e. The van der Waals surface area contributed by atoms with Crippen molar-refractivity contribution < 1.29 is 4.79 Å². The number of hydrogen-bond acceptors (Lipinski definition) is 2. The van der Waals surface area contributed by atoms with Crippen LogP contribution >= 0.6 is 27.5 Å². The molecule has 0 unspecified atom stereocenters. The lowest BCUT2D eigenvalue weighted by Gasteiger charge is -2.10. The molecule has 0 radical (unpaired) electrons. The minimum absolute atomic E-state index is 0.0565. The number of aromatic nitrogens is 2. The Morgan fingerprint density at radius 1 is 1.48 bits per heavy atom. The summed E-state index contributed by atoms with van der Waals surface area (Å²) in [6.45, 7) is 5.44. The van der Waals surface area contributed by atoms with Crippen molar-refractivity contribution >= 4 is 44.5 Å². The van der Waals surface area contributed by atoms with Crippen LogP contribution in [0.4, 0.5) is 0 Å². The number of nitrogens with one attached hydrogen (secondary N) is 1. The molecule has 2 rings (SSSR count). The summed E-state index contributed by atoms with van der Waals surface area (Å²) in [6, 6.07) is 5.90. The number of halogens is 2. The molecule has 1 heterocycles. The summed E-state index contributed by atoms with van der Waals surface area (Å²) in [5.74, 6) is 1.64. The molecule has 0 spiro atoms. The summed E-state index contributed by atoms with van der Waals surface area (Å²) in [5, 5.41) is 2.93. The van der Waals surface area contributed by atoms with Crippen molar-refractivity contribution in [3.63, 3.8) is 0 Å². The number of carbonyl (C=O) groups excluding carboxylic acids is 1. The molecule has 0 fully saturated rings. The third-order valence-electron chi connectivity index (χ3n) is 3.18. The molecule has 4 nitrogen and oxygen atoms in total. The number of benzene rings is 1. The van der Waals surface area contributed by atoms with Crippen LogP contribution in [0.1, 0.15) is 26.1 Å². The zero-order valence-electron chi connectivity index (χ0n) is 12.2. The maximum atomic E-state index is 11.9. The van der Waals surface area contributed by atoms with Crippen molar-refractivity contribution in [2.24, 2.45) is 5.92 Å². The quantitative estimate of drug-likeness (QED) is 0.786. The van der Waals surface area contributed by atoms with Crippen LogP contribution in [0.15, 0.2) is 22.7 Å². The molecule has 6 heteroatoms. The van der Waals surface area contributed by atoms with Gasteiger partial charge in [-0.05, 0) is 24.1 Å². The summed E-state index contributed by atoms with van der Waals surface area (Å²) in [5.41, 5.74) is 1.90. The van der Waals surface area contributed by atoms with Gasteiger partial charge in [-0.15, -0.1) is 11.6 Å². The molecule has 0 saturated heterocycles. The van der Waals surface area contributed by atoms with Gasteiger partial charge in [0.25, 0.3) is 0 Å². The number of amides is 1. The first-order valence-electron chi connectivity index (χ1n) is 6.98. The molecular weight excluding hydrogens is 354 g/mol. The first-order chi connectivity index (χ1) is 10.0. The molecule has 0 saturated carbocycles. The Morgan fingerprint density at radius 3 is 2.90 bits per heavy atom. The highest BCUT2D eigenvalue weighted by Crippen LogP contribution is 2.22. The molecule has 114 valence electrons. The van der Waals surface area contributed by atoms with Crippen molar-refractivity contribution in [2.75, 3.05) is 6.54 Å². The van der Waals surface area contributed by atoms with Crippen LogP contribution in [0.3, 0.4) is 0 Å². The highest BCUT2D eigenvalue weighted by molar-refractivity contribution is 9.10. The number of carbonyl (C=O) groups is 1. The van der Waals surface area contributed by atoms with E-state index in [1.165, 1.54) is 0 Å². The fourth-order valence-electron chi connectivity index (χ4n) is 2.12. The summed E-state index contributed by atoms with van der Waals surface area (Å²) in [4.78, 5) is 16.4. The number of nitrogens with zero attached hydrogens (tertiary/aromatic N) is 2. The molecule has 1 aromatic heterocycles. The van der Waals surface area contributed by atoms with Gasteiger partial charge < -0.3 is 9.88 Å². The Labute approximate surface area is 138 Å². The molecule has 0 atom stereocenters. The minimum Gasteiger partial charge on any atom is -0.356 e. The largest absolute Gasteiger partial charge is 0.356 e. The Morgan fingerprint density at radius 2 is 2.24 bits per heavy atom. The lowest BCUT2D eigenvalue weighted by molar-refractivity contribution is -0.121. The molecule has 21 heavy (non-hydrogen) atoms. The van der Waals surface area contributed by atoms with Gasteiger partial charge in [0.05, 0.1) is 16.9 Å². The molecule has 0 aliphatic carbocycles. The van der Waals surface area contributed by atoms with Crippen molar-refractivity contribution in [1.29, 1.82) is 0 Å². The number of imidazole rings is 1. The van der Waals surface area contributed by atoms with Crippen molar-refractivity contribution in [1.82, 2.24) is 14.9 Å². The van der Waals surface area contributed by atoms with E-state index in [9.17, 15) is 4.79 Å². The van der Waals surface area contributed by atoms with Gasteiger partial charge >= 0.3 is 0 Å². The maximum absolute atomic E-state index is 11.9. The molecule has 1 aromatic carbocycles. The Balaban J connectivity index is 2.13. The van der Waals surface area contributed by atoms with Gasteiger partial charge in [0.15, 0.2) is 0 Å². The van der Waals surface area contributed by atoms with Gasteiger partial charge in [-0.2, -0.15) is 0 Å². The average molecular weight is 373 g/mol. The van der Waals surface area contributed by atoms with E-state index in [1.54, 1.807) is 0 Å². The lowest BCUT2D eigenvalue weighted by Crippen LogP contribution is -2.28. The fourth-order valence-corrected chi connectivity index (χ4v) is 2.67. The fraction of sp³-hybridized carbons (Fsp3) is 0.467. The van der Waals surface area contributed by atoms with Crippen LogP contribution in [0, 0.1) is 5.92 Å². The second kappa shape index (κ2) is 7.27. The third kappa shape index (κ3) is 4.20. The van der Waals surface area contributed by atoms with E-state index in [4.69, 9.17) is 11.6 Å². The van der Waals surface area contributed by atoms with Gasteiger partial charge in [-0.25, -0.2) is 4.98 Å². The van der Waals surface area contributed by atoms with Crippen molar-refractivity contribution in [3.8, 4) is 0 Å². The zero-order chi connectivity index (χ0) is 15.4. The number of aryl methyl sites for hydroxylation is 1. The van der Waals surface area contributed by atoms with E-state index in [-0.39, 0.29) is 5.91 Å². The Kier molecular flexibility index (Phi) is 5.65. The van der Waals surface area contributed by atoms with Gasteiger partial charge in [0.1, 0.15) is 5.82 Å². The van der Waals surface area contributed by atoms with Crippen LogP contribution < -0.4 is 5.32 Å². The number of rotatable bonds is 6. The van der Waals surface area contributed by atoms with Gasteiger partial charge in [0, 0.05) is 24.0 Å². The topological polar surface area (TPSA) is 46.9 Å². The van der Waals surface area contributed by atoms with Crippen LogP contribution in [0.5, 0.6) is 0 Å². The van der Waals surface area contributed by atoms with Crippen LogP contribution in [-0.4, -0.2) is 22.0 Å². The highest BCUT2D eigenvalue weighted by Gasteiger charge is 2.12. The molecule has 0 aliphatic rings. The van der Waals surface area contributed by atoms with Gasteiger partial charge in [-0.3, -0.25) is 4.79 Å². The lowest BCUT2D eigenvalue weighted by atomic mass is 10.2. The molecule has 1 N–H and O–H groups in total. The van der Waals surface area contributed by atoms with Gasteiger partial charge in [0.2, 0.25) is 5.91 Å². The molecule has 2 aromatic rings.